The molecule has 7 nitrogen and oxygen atoms in total. The quantitative estimate of drug-likeness (QED) is 0.618. The molecular formula is C23H35N3O4. The lowest BCUT2D eigenvalue weighted by Gasteiger charge is -2.34. The molecule has 0 saturated heterocycles. The number of aryl methyl sites for hydroxylation is 1. The van der Waals surface area contributed by atoms with Gasteiger partial charge in [0.05, 0.1) is 0 Å². The van der Waals surface area contributed by atoms with Gasteiger partial charge in [0.15, 0.2) is 0 Å². The first kappa shape index (κ1) is 23.7. The average molecular weight is 418 g/mol. The third kappa shape index (κ3) is 7.04. The third-order valence-electron chi connectivity index (χ3n) is 5.34. The molecule has 0 radical (unpaired) electrons. The van der Waals surface area contributed by atoms with Gasteiger partial charge in [-0.1, -0.05) is 55.5 Å². The Balaban J connectivity index is 2.19. The van der Waals surface area contributed by atoms with E-state index in [9.17, 15) is 14.4 Å². The molecule has 0 unspecified atom stereocenters. The summed E-state index contributed by atoms with van der Waals surface area (Å²) in [5.41, 5.74) is 5.81. The first-order valence-corrected chi connectivity index (χ1v) is 10.7. The van der Waals surface area contributed by atoms with Crippen LogP contribution >= 0.6 is 0 Å². The first-order valence-electron chi connectivity index (χ1n) is 10.7. The Morgan fingerprint density at radius 2 is 1.63 bits per heavy atom. The zero-order chi connectivity index (χ0) is 22.4. The number of ether oxygens (including phenoxy) is 1. The van der Waals surface area contributed by atoms with Crippen molar-refractivity contribution in [3.8, 4) is 0 Å². The van der Waals surface area contributed by atoms with Crippen LogP contribution in [-0.4, -0.2) is 35.1 Å². The Morgan fingerprint density at radius 3 is 2.13 bits per heavy atom. The molecule has 1 aliphatic carbocycles. The lowest BCUT2D eigenvalue weighted by molar-refractivity contribution is -0.132. The number of nitrogens with two attached hydrogens (primary N) is 1. The molecule has 1 aromatic rings. The summed E-state index contributed by atoms with van der Waals surface area (Å²) in [4.78, 5) is 37.9. The fraction of sp³-hybridized carbons (Fsp3) is 0.609. The van der Waals surface area contributed by atoms with E-state index < -0.39 is 29.2 Å². The third-order valence-corrected chi connectivity index (χ3v) is 5.34. The number of benzene rings is 1. The van der Waals surface area contributed by atoms with Gasteiger partial charge in [-0.2, -0.15) is 0 Å². The maximum absolute atomic E-state index is 13.3. The fourth-order valence-electron chi connectivity index (χ4n) is 3.72. The van der Waals surface area contributed by atoms with Crippen molar-refractivity contribution >= 4 is 17.9 Å². The largest absolute Gasteiger partial charge is 0.444 e. The highest BCUT2D eigenvalue weighted by atomic mass is 16.6. The number of hydrogen-bond donors (Lipinski definition) is 3. The van der Waals surface area contributed by atoms with Crippen molar-refractivity contribution in [3.05, 3.63) is 35.4 Å². The number of rotatable bonds is 6. The van der Waals surface area contributed by atoms with Crippen LogP contribution in [0.4, 0.5) is 4.79 Å². The summed E-state index contributed by atoms with van der Waals surface area (Å²) in [5, 5.41) is 5.62. The second kappa shape index (κ2) is 9.96. The zero-order valence-electron chi connectivity index (χ0n) is 18.5. The van der Waals surface area contributed by atoms with E-state index in [-0.39, 0.29) is 5.91 Å². The number of primary amides is 1. The molecule has 1 saturated carbocycles. The predicted octanol–water partition coefficient (Wildman–Crippen LogP) is 3.13. The minimum absolute atomic E-state index is 0.296. The topological polar surface area (TPSA) is 111 Å². The highest BCUT2D eigenvalue weighted by Crippen LogP contribution is 2.28. The first-order chi connectivity index (χ1) is 14.0. The van der Waals surface area contributed by atoms with Crippen LogP contribution in [0.2, 0.25) is 0 Å². The highest BCUT2D eigenvalue weighted by Gasteiger charge is 2.42. The van der Waals surface area contributed by atoms with Crippen molar-refractivity contribution < 1.29 is 19.1 Å². The minimum atomic E-state index is -1.11. The maximum atomic E-state index is 13.3. The lowest BCUT2D eigenvalue weighted by atomic mass is 9.88. The van der Waals surface area contributed by atoms with Crippen molar-refractivity contribution in [1.82, 2.24) is 10.6 Å². The fourth-order valence-corrected chi connectivity index (χ4v) is 3.72. The summed E-state index contributed by atoms with van der Waals surface area (Å²) >= 11 is 0. The van der Waals surface area contributed by atoms with Gasteiger partial charge >= 0.3 is 6.09 Å². The molecule has 1 aromatic carbocycles. The molecule has 0 bridgehead atoms. The van der Waals surface area contributed by atoms with Crippen LogP contribution in [-0.2, 0) is 20.7 Å². The average Bonchev–Trinajstić information content (AvgIpc) is 2.87. The predicted molar refractivity (Wildman–Crippen MR) is 116 cm³/mol. The van der Waals surface area contributed by atoms with Crippen LogP contribution in [0.1, 0.15) is 70.4 Å². The van der Waals surface area contributed by atoms with Gasteiger partial charge in [0.1, 0.15) is 17.2 Å². The van der Waals surface area contributed by atoms with E-state index in [1.807, 2.05) is 31.2 Å². The SMILES string of the molecule is Cc1ccc(C[C@H](NC(=O)C2(NC(=O)OC(C)(C)C)CCCCCC2)C(N)=O)cc1. The van der Waals surface area contributed by atoms with Crippen molar-refractivity contribution in [2.45, 2.75) is 89.8 Å². The summed E-state index contributed by atoms with van der Waals surface area (Å²) in [5.74, 6) is -0.990. The molecule has 1 atom stereocenters. The molecule has 2 rings (SSSR count). The van der Waals surface area contributed by atoms with Crippen molar-refractivity contribution in [1.29, 1.82) is 0 Å². The molecule has 1 fully saturated rings. The second-order valence-corrected chi connectivity index (χ2v) is 9.24. The summed E-state index contributed by atoms with van der Waals surface area (Å²) in [6.45, 7) is 7.31. The molecule has 0 spiro atoms. The van der Waals surface area contributed by atoms with E-state index in [2.05, 4.69) is 10.6 Å². The highest BCUT2D eigenvalue weighted by molar-refractivity contribution is 5.94. The van der Waals surface area contributed by atoms with E-state index in [0.29, 0.717) is 19.3 Å². The molecule has 0 heterocycles. The molecule has 0 aromatic heterocycles. The smallest absolute Gasteiger partial charge is 0.408 e. The van der Waals surface area contributed by atoms with E-state index in [1.54, 1.807) is 20.8 Å². The number of nitrogens with one attached hydrogen (secondary N) is 2. The van der Waals surface area contributed by atoms with Gasteiger partial charge in [0.2, 0.25) is 11.8 Å². The van der Waals surface area contributed by atoms with Crippen molar-refractivity contribution in [2.75, 3.05) is 0 Å². The number of carbonyl (C=O) groups is 3. The number of alkyl carbamates (subject to hydrolysis) is 1. The summed E-state index contributed by atoms with van der Waals surface area (Å²) in [6, 6.07) is 6.87. The molecule has 0 aliphatic heterocycles. The van der Waals surface area contributed by atoms with E-state index in [0.717, 1.165) is 36.8 Å². The maximum Gasteiger partial charge on any atom is 0.408 e. The van der Waals surface area contributed by atoms with Crippen LogP contribution in [0.15, 0.2) is 24.3 Å². The molecular weight excluding hydrogens is 382 g/mol. The molecule has 7 heteroatoms. The van der Waals surface area contributed by atoms with Gasteiger partial charge < -0.3 is 21.1 Å². The van der Waals surface area contributed by atoms with Crippen LogP contribution in [0.25, 0.3) is 0 Å². The second-order valence-electron chi connectivity index (χ2n) is 9.24. The standard InChI is InChI=1S/C23H35N3O4/c1-16-9-11-17(12-10-16)15-18(19(24)27)25-20(28)23(13-7-5-6-8-14-23)26-21(29)30-22(2,3)4/h9-12,18H,5-8,13-15H2,1-4H3,(H2,24,27)(H,25,28)(H,26,29)/t18-/m0/s1. The molecule has 1 aliphatic rings. The normalized spacial score (nSPS) is 17.3. The van der Waals surface area contributed by atoms with Crippen LogP contribution < -0.4 is 16.4 Å². The number of amides is 3. The number of carbonyl (C=O) groups excluding carboxylic acids is 3. The Labute approximate surface area is 179 Å². The minimum Gasteiger partial charge on any atom is -0.444 e. The number of hydrogen-bond acceptors (Lipinski definition) is 4. The monoisotopic (exact) mass is 417 g/mol. The van der Waals surface area contributed by atoms with Gasteiger partial charge in [0.25, 0.3) is 0 Å². The molecule has 166 valence electrons. The van der Waals surface area contributed by atoms with Crippen molar-refractivity contribution in [3.63, 3.8) is 0 Å². The van der Waals surface area contributed by atoms with E-state index in [4.69, 9.17) is 10.5 Å². The van der Waals surface area contributed by atoms with Crippen LogP contribution in [0.5, 0.6) is 0 Å². The zero-order valence-corrected chi connectivity index (χ0v) is 18.5. The van der Waals surface area contributed by atoms with Gasteiger partial charge in [0, 0.05) is 6.42 Å². The molecule has 3 amide bonds. The Bertz CT molecular complexity index is 745. The lowest BCUT2D eigenvalue weighted by Crippen LogP contribution is -2.62. The van der Waals surface area contributed by atoms with Gasteiger partial charge in [-0.05, 0) is 46.1 Å². The van der Waals surface area contributed by atoms with E-state index in [1.165, 1.54) is 0 Å². The van der Waals surface area contributed by atoms with Crippen molar-refractivity contribution in [2.24, 2.45) is 5.73 Å². The Hall–Kier alpha value is -2.57. The van der Waals surface area contributed by atoms with Crippen LogP contribution in [0.3, 0.4) is 0 Å². The van der Waals surface area contributed by atoms with Crippen LogP contribution in [0, 0.1) is 6.92 Å². The van der Waals surface area contributed by atoms with Gasteiger partial charge in [-0.25, -0.2) is 4.79 Å². The molecule has 30 heavy (non-hydrogen) atoms. The summed E-state index contributed by atoms with van der Waals surface area (Å²) < 4.78 is 5.39. The van der Waals surface area contributed by atoms with Gasteiger partial charge in [-0.3, -0.25) is 9.59 Å². The van der Waals surface area contributed by atoms with Gasteiger partial charge in [-0.15, -0.1) is 0 Å². The Kier molecular flexibility index (Phi) is 7.87. The Morgan fingerprint density at radius 1 is 1.07 bits per heavy atom. The summed E-state index contributed by atoms with van der Waals surface area (Å²) in [7, 11) is 0. The summed E-state index contributed by atoms with van der Waals surface area (Å²) in [6.07, 6.45) is 4.26. The molecule has 4 N–H and O–H groups in total. The van der Waals surface area contributed by atoms with E-state index >= 15 is 0 Å².